The lowest BCUT2D eigenvalue weighted by Crippen LogP contribution is -2.22. The zero-order valence-corrected chi connectivity index (χ0v) is 14.5. The molecule has 2 aromatic rings. The van der Waals surface area contributed by atoms with Crippen molar-refractivity contribution in [3.63, 3.8) is 0 Å². The van der Waals surface area contributed by atoms with E-state index in [2.05, 4.69) is 19.2 Å². The number of rotatable bonds is 6. The van der Waals surface area contributed by atoms with Crippen LogP contribution in [0.4, 0.5) is 0 Å². The molecule has 0 unspecified atom stereocenters. The van der Waals surface area contributed by atoms with Crippen LogP contribution in [-0.2, 0) is 6.54 Å². The van der Waals surface area contributed by atoms with Gasteiger partial charge in [-0.1, -0.05) is 55.8 Å². The molecule has 0 spiro atoms. The van der Waals surface area contributed by atoms with Gasteiger partial charge in [-0.3, -0.25) is 4.79 Å². The molecule has 126 valence electrons. The van der Waals surface area contributed by atoms with Crippen molar-refractivity contribution < 1.29 is 9.90 Å². The first-order valence-electron chi connectivity index (χ1n) is 8.29. The topological polar surface area (TPSA) is 49.3 Å². The van der Waals surface area contributed by atoms with Crippen LogP contribution in [0.25, 0.3) is 6.08 Å². The Morgan fingerprint density at radius 2 is 1.88 bits per heavy atom. The van der Waals surface area contributed by atoms with E-state index in [1.807, 2.05) is 43.3 Å². The fraction of sp³-hybridized carbons (Fsp3) is 0.286. The van der Waals surface area contributed by atoms with Crippen LogP contribution in [0.3, 0.4) is 0 Å². The second kappa shape index (κ2) is 8.34. The molecule has 0 radical (unpaired) electrons. The summed E-state index contributed by atoms with van der Waals surface area (Å²) >= 11 is 0. The van der Waals surface area contributed by atoms with E-state index >= 15 is 0 Å². The van der Waals surface area contributed by atoms with Gasteiger partial charge in [-0.15, -0.1) is 0 Å². The minimum Gasteiger partial charge on any atom is -0.507 e. The third-order valence-electron chi connectivity index (χ3n) is 3.77. The van der Waals surface area contributed by atoms with E-state index in [0.717, 1.165) is 12.0 Å². The van der Waals surface area contributed by atoms with Gasteiger partial charge in [0.25, 0.3) is 5.91 Å². The molecule has 0 aliphatic heterocycles. The van der Waals surface area contributed by atoms with Gasteiger partial charge in [0, 0.05) is 17.7 Å². The molecule has 0 aliphatic rings. The Morgan fingerprint density at radius 1 is 1.17 bits per heavy atom. The van der Waals surface area contributed by atoms with Crippen molar-refractivity contribution >= 4 is 12.0 Å². The fourth-order valence-corrected chi connectivity index (χ4v) is 2.29. The molecule has 0 saturated carbocycles. The maximum atomic E-state index is 12.3. The molecule has 24 heavy (non-hydrogen) atoms. The van der Waals surface area contributed by atoms with Gasteiger partial charge in [-0.25, -0.2) is 0 Å². The van der Waals surface area contributed by atoms with Crippen LogP contribution in [0, 0.1) is 12.8 Å². The fourth-order valence-electron chi connectivity index (χ4n) is 2.29. The van der Waals surface area contributed by atoms with Crippen molar-refractivity contribution in [2.75, 3.05) is 0 Å². The van der Waals surface area contributed by atoms with E-state index in [1.165, 1.54) is 5.56 Å². The highest BCUT2D eigenvalue weighted by Crippen LogP contribution is 2.21. The Kier molecular flexibility index (Phi) is 6.19. The van der Waals surface area contributed by atoms with Crippen LogP contribution in [-0.4, -0.2) is 11.0 Å². The minimum atomic E-state index is -0.144. The summed E-state index contributed by atoms with van der Waals surface area (Å²) in [5, 5.41) is 12.8. The van der Waals surface area contributed by atoms with Crippen LogP contribution < -0.4 is 5.32 Å². The summed E-state index contributed by atoms with van der Waals surface area (Å²) in [6.07, 6.45) is 4.82. The Hall–Kier alpha value is -2.55. The average molecular weight is 323 g/mol. The first kappa shape index (κ1) is 17.8. The molecular weight excluding hydrogens is 298 g/mol. The smallest absolute Gasteiger partial charge is 0.251 e. The largest absolute Gasteiger partial charge is 0.507 e. The number of aromatic hydroxyl groups is 1. The van der Waals surface area contributed by atoms with Gasteiger partial charge in [0.1, 0.15) is 5.75 Å². The van der Waals surface area contributed by atoms with E-state index in [1.54, 1.807) is 18.2 Å². The molecule has 0 fully saturated rings. The molecule has 1 amide bonds. The van der Waals surface area contributed by atoms with Crippen molar-refractivity contribution in [2.24, 2.45) is 5.92 Å². The highest BCUT2D eigenvalue weighted by molar-refractivity contribution is 5.95. The van der Waals surface area contributed by atoms with Gasteiger partial charge in [-0.05, 0) is 43.0 Å². The zero-order valence-electron chi connectivity index (χ0n) is 14.5. The molecule has 3 heteroatoms. The van der Waals surface area contributed by atoms with Crippen molar-refractivity contribution in [3.8, 4) is 5.75 Å². The summed E-state index contributed by atoms with van der Waals surface area (Å²) in [6.45, 7) is 6.80. The van der Waals surface area contributed by atoms with Crippen LogP contribution >= 0.6 is 0 Å². The van der Waals surface area contributed by atoms with E-state index in [0.29, 0.717) is 23.6 Å². The lowest BCUT2D eigenvalue weighted by Gasteiger charge is -2.08. The first-order valence-corrected chi connectivity index (χ1v) is 8.29. The molecule has 0 bridgehead atoms. The van der Waals surface area contributed by atoms with Gasteiger partial charge in [0.05, 0.1) is 0 Å². The maximum absolute atomic E-state index is 12.3. The lowest BCUT2D eigenvalue weighted by atomic mass is 10.1. The maximum Gasteiger partial charge on any atom is 0.251 e. The molecule has 0 heterocycles. The van der Waals surface area contributed by atoms with Gasteiger partial charge >= 0.3 is 0 Å². The van der Waals surface area contributed by atoms with Crippen LogP contribution in [0.1, 0.15) is 47.3 Å². The zero-order chi connectivity index (χ0) is 17.5. The number of phenols is 1. The summed E-state index contributed by atoms with van der Waals surface area (Å²) in [4.78, 5) is 12.3. The molecule has 3 nitrogen and oxygen atoms in total. The second-order valence-electron chi connectivity index (χ2n) is 6.47. The molecule has 2 N–H and O–H groups in total. The standard InChI is InChI=1S/C21H25NO2/c1-15(2)5-4-6-18-13-19(11-12-20(18)23)21(24)22-14-17-9-7-16(3)8-10-17/h4,6-13,15,23H,5,14H2,1-3H3,(H,22,24)/b6-4+. The predicted octanol–water partition coefficient (Wildman–Crippen LogP) is 4.69. The molecule has 0 aliphatic carbocycles. The SMILES string of the molecule is Cc1ccc(CNC(=O)c2ccc(O)c(/C=C/CC(C)C)c2)cc1. The van der Waals surface area contributed by atoms with Gasteiger partial charge < -0.3 is 10.4 Å². The summed E-state index contributed by atoms with van der Waals surface area (Å²) in [6, 6.07) is 13.0. The minimum absolute atomic E-state index is 0.144. The number of carbonyl (C=O) groups is 1. The van der Waals surface area contributed by atoms with Crippen LogP contribution in [0.15, 0.2) is 48.5 Å². The van der Waals surface area contributed by atoms with Gasteiger partial charge in [0.15, 0.2) is 0 Å². The molecule has 0 aromatic heterocycles. The van der Waals surface area contributed by atoms with E-state index in [4.69, 9.17) is 0 Å². The lowest BCUT2D eigenvalue weighted by molar-refractivity contribution is 0.0951. The molecule has 0 atom stereocenters. The summed E-state index contributed by atoms with van der Waals surface area (Å²) < 4.78 is 0. The van der Waals surface area contributed by atoms with E-state index in [9.17, 15) is 9.90 Å². The number of hydrogen-bond donors (Lipinski definition) is 2. The Balaban J connectivity index is 2.03. The van der Waals surface area contributed by atoms with Crippen LogP contribution in [0.5, 0.6) is 5.75 Å². The number of carbonyl (C=O) groups excluding carboxylic acids is 1. The highest BCUT2D eigenvalue weighted by Gasteiger charge is 2.08. The number of aryl methyl sites for hydroxylation is 1. The quantitative estimate of drug-likeness (QED) is 0.810. The summed E-state index contributed by atoms with van der Waals surface area (Å²) in [5.74, 6) is 0.601. The molecule has 2 rings (SSSR count). The molecule has 2 aromatic carbocycles. The summed E-state index contributed by atoms with van der Waals surface area (Å²) in [5.41, 5.74) is 3.47. The van der Waals surface area contributed by atoms with Crippen molar-refractivity contribution in [1.82, 2.24) is 5.32 Å². The van der Waals surface area contributed by atoms with Crippen molar-refractivity contribution in [3.05, 3.63) is 70.8 Å². The van der Waals surface area contributed by atoms with Gasteiger partial charge in [-0.2, -0.15) is 0 Å². The number of allylic oxidation sites excluding steroid dienone is 1. The predicted molar refractivity (Wildman–Crippen MR) is 98.9 cm³/mol. The normalized spacial score (nSPS) is 11.2. The first-order chi connectivity index (χ1) is 11.5. The van der Waals surface area contributed by atoms with Crippen LogP contribution in [0.2, 0.25) is 0 Å². The Bertz CT molecular complexity index is 715. The molecule has 0 saturated heterocycles. The van der Waals surface area contributed by atoms with Crippen molar-refractivity contribution in [1.29, 1.82) is 0 Å². The number of benzene rings is 2. The van der Waals surface area contributed by atoms with Crippen molar-refractivity contribution in [2.45, 2.75) is 33.7 Å². The molecular formula is C21H25NO2. The number of amides is 1. The number of phenolic OH excluding ortho intramolecular Hbond substituents is 1. The summed E-state index contributed by atoms with van der Waals surface area (Å²) in [7, 11) is 0. The monoisotopic (exact) mass is 323 g/mol. The Morgan fingerprint density at radius 3 is 2.54 bits per heavy atom. The highest BCUT2D eigenvalue weighted by atomic mass is 16.3. The van der Waals surface area contributed by atoms with E-state index in [-0.39, 0.29) is 11.7 Å². The average Bonchev–Trinajstić information content (AvgIpc) is 2.55. The third-order valence-corrected chi connectivity index (χ3v) is 3.77. The van der Waals surface area contributed by atoms with Gasteiger partial charge in [0.2, 0.25) is 0 Å². The Labute approximate surface area is 144 Å². The van der Waals surface area contributed by atoms with E-state index < -0.39 is 0 Å². The third kappa shape index (κ3) is 5.27. The second-order valence-corrected chi connectivity index (χ2v) is 6.47. The number of hydrogen-bond acceptors (Lipinski definition) is 2. The number of nitrogens with one attached hydrogen (secondary N) is 1.